The molecule has 0 radical (unpaired) electrons. The second-order valence-corrected chi connectivity index (χ2v) is 8.10. The van der Waals surface area contributed by atoms with E-state index in [0.717, 1.165) is 16.7 Å². The number of thiol groups is 1. The fourth-order valence-corrected chi connectivity index (χ4v) is 3.81. The summed E-state index contributed by atoms with van der Waals surface area (Å²) < 4.78 is 23.9. The lowest BCUT2D eigenvalue weighted by Crippen LogP contribution is -2.10. The van der Waals surface area contributed by atoms with Gasteiger partial charge in [-0.05, 0) is 41.5 Å². The van der Waals surface area contributed by atoms with Crippen molar-refractivity contribution in [2.24, 2.45) is 0 Å². The third-order valence-corrected chi connectivity index (χ3v) is 6.13. The summed E-state index contributed by atoms with van der Waals surface area (Å²) in [5, 5.41) is 9.37. The lowest BCUT2D eigenvalue weighted by molar-refractivity contribution is 0.0685. The number of carboxylic acid groups (broad SMARTS) is 1. The van der Waals surface area contributed by atoms with Crippen molar-refractivity contribution in [2.45, 2.75) is 43.9 Å². The number of aromatic nitrogens is 1. The van der Waals surface area contributed by atoms with E-state index in [1.165, 1.54) is 0 Å². The van der Waals surface area contributed by atoms with Gasteiger partial charge in [0.2, 0.25) is 0 Å². The number of hydrogen-bond donors (Lipinski definition) is 2. The molecule has 0 unspecified atom stereocenters. The largest absolute Gasteiger partial charge is 0.477 e. The van der Waals surface area contributed by atoms with E-state index < -0.39 is 21.4 Å². The van der Waals surface area contributed by atoms with E-state index in [9.17, 15) is 18.3 Å². The van der Waals surface area contributed by atoms with Crippen molar-refractivity contribution in [3.8, 4) is 0 Å². The molecule has 1 aliphatic rings. The van der Waals surface area contributed by atoms with Crippen molar-refractivity contribution in [1.82, 2.24) is 4.57 Å². The normalized spacial score (nSPS) is 15.8. The van der Waals surface area contributed by atoms with E-state index in [0.29, 0.717) is 19.4 Å². The van der Waals surface area contributed by atoms with Gasteiger partial charge in [0.05, 0.1) is 4.75 Å². The smallest absolute Gasteiger partial charge is 0.352 e. The quantitative estimate of drug-likeness (QED) is 0.788. The van der Waals surface area contributed by atoms with Crippen LogP contribution in [0.4, 0.5) is 0 Å². The lowest BCUT2D eigenvalue weighted by Gasteiger charge is -2.10. The average molecular weight is 347 g/mol. The van der Waals surface area contributed by atoms with Gasteiger partial charge >= 0.3 is 5.97 Å². The van der Waals surface area contributed by atoms with Crippen LogP contribution in [-0.2, 0) is 22.0 Å². The van der Waals surface area contributed by atoms with Gasteiger partial charge in [0.15, 0.2) is 0 Å². The van der Waals surface area contributed by atoms with E-state index in [-0.39, 0.29) is 11.6 Å². The zero-order valence-corrected chi connectivity index (χ0v) is 14.6. The SMILES string of the molecule is CC(C)c1cc(C(=O)O)n(Cc2ccc(C3([SH](=O)=O)CC3)cc2)c1. The molecule has 0 saturated heterocycles. The van der Waals surface area contributed by atoms with Crippen LogP contribution in [0.5, 0.6) is 0 Å². The first kappa shape index (κ1) is 16.8. The molecule has 1 heterocycles. The Kier molecular flexibility index (Phi) is 4.25. The van der Waals surface area contributed by atoms with Crippen molar-refractivity contribution in [2.75, 3.05) is 0 Å². The second-order valence-electron chi connectivity index (χ2n) is 6.73. The number of hydrogen-bond acceptors (Lipinski definition) is 3. The number of rotatable bonds is 6. The topological polar surface area (TPSA) is 76.4 Å². The predicted octanol–water partition coefficient (Wildman–Crippen LogP) is 2.96. The Labute approximate surface area is 142 Å². The summed E-state index contributed by atoms with van der Waals surface area (Å²) in [6, 6.07) is 9.17. The van der Waals surface area contributed by atoms with Crippen molar-refractivity contribution in [3.05, 3.63) is 58.9 Å². The van der Waals surface area contributed by atoms with E-state index in [4.69, 9.17) is 0 Å². The minimum absolute atomic E-state index is 0.259. The maximum absolute atomic E-state index is 11.4. The summed E-state index contributed by atoms with van der Waals surface area (Å²) in [6.45, 7) is 4.50. The molecule has 1 aliphatic carbocycles. The van der Waals surface area contributed by atoms with Gasteiger partial charge < -0.3 is 9.67 Å². The predicted molar refractivity (Wildman–Crippen MR) is 92.3 cm³/mol. The Morgan fingerprint density at radius 3 is 2.33 bits per heavy atom. The number of carbonyl (C=O) groups is 1. The zero-order chi connectivity index (χ0) is 17.5. The third kappa shape index (κ3) is 2.98. The van der Waals surface area contributed by atoms with Crippen LogP contribution < -0.4 is 0 Å². The van der Waals surface area contributed by atoms with Gasteiger partial charge in [0, 0.05) is 12.7 Å². The van der Waals surface area contributed by atoms with E-state index in [1.54, 1.807) is 10.6 Å². The summed E-state index contributed by atoms with van der Waals surface area (Å²) in [6.07, 6.45) is 3.24. The molecule has 0 amide bonds. The maximum Gasteiger partial charge on any atom is 0.352 e. The highest BCUT2D eigenvalue weighted by atomic mass is 32.2. The van der Waals surface area contributed by atoms with Crippen LogP contribution in [0.3, 0.4) is 0 Å². The molecule has 1 saturated carbocycles. The molecule has 1 aromatic heterocycles. The maximum atomic E-state index is 11.4. The van der Waals surface area contributed by atoms with Gasteiger partial charge in [-0.25, -0.2) is 13.2 Å². The summed E-state index contributed by atoms with van der Waals surface area (Å²) in [7, 11) is -2.47. The van der Waals surface area contributed by atoms with Gasteiger partial charge in [-0.15, -0.1) is 0 Å². The molecule has 6 heteroatoms. The molecule has 1 aromatic carbocycles. The number of benzene rings is 1. The molecule has 5 nitrogen and oxygen atoms in total. The highest BCUT2D eigenvalue weighted by Crippen LogP contribution is 2.48. The molecular weight excluding hydrogens is 326 g/mol. The van der Waals surface area contributed by atoms with Crippen molar-refractivity contribution >= 4 is 16.7 Å². The Hall–Kier alpha value is -2.08. The molecule has 0 spiro atoms. The number of aromatic carboxylic acids is 1. The monoisotopic (exact) mass is 347 g/mol. The van der Waals surface area contributed by atoms with Gasteiger partial charge in [0.1, 0.15) is 16.4 Å². The van der Waals surface area contributed by atoms with Crippen LogP contribution in [0.25, 0.3) is 0 Å². The molecule has 0 aliphatic heterocycles. The summed E-state index contributed by atoms with van der Waals surface area (Å²) in [4.78, 5) is 11.4. The Morgan fingerprint density at radius 2 is 1.88 bits per heavy atom. The first-order valence-corrected chi connectivity index (χ1v) is 9.18. The summed E-state index contributed by atoms with van der Waals surface area (Å²) in [5.74, 6) is -0.686. The Balaban J connectivity index is 1.86. The zero-order valence-electron chi connectivity index (χ0n) is 13.7. The Morgan fingerprint density at radius 1 is 1.25 bits per heavy atom. The van der Waals surface area contributed by atoms with Gasteiger partial charge in [-0.3, -0.25) is 0 Å². The van der Waals surface area contributed by atoms with Crippen LogP contribution >= 0.6 is 0 Å². The minimum atomic E-state index is -2.47. The second kappa shape index (κ2) is 6.09. The third-order valence-electron chi connectivity index (χ3n) is 4.72. The van der Waals surface area contributed by atoms with Crippen LogP contribution in [0, 0.1) is 0 Å². The molecule has 2 aromatic rings. The highest BCUT2D eigenvalue weighted by Gasteiger charge is 2.48. The van der Waals surface area contributed by atoms with E-state index in [2.05, 4.69) is 0 Å². The van der Waals surface area contributed by atoms with Crippen molar-refractivity contribution < 1.29 is 18.3 Å². The van der Waals surface area contributed by atoms with Crippen LogP contribution in [0.15, 0.2) is 36.5 Å². The summed E-state index contributed by atoms with van der Waals surface area (Å²) >= 11 is 0. The van der Waals surface area contributed by atoms with Crippen LogP contribution in [-0.4, -0.2) is 24.1 Å². The number of nitrogens with zero attached hydrogens (tertiary/aromatic N) is 1. The molecular formula is C18H21NO4S. The van der Waals surface area contributed by atoms with Gasteiger partial charge in [-0.1, -0.05) is 38.1 Å². The van der Waals surface area contributed by atoms with Gasteiger partial charge in [0.25, 0.3) is 0 Å². The molecule has 0 bridgehead atoms. The molecule has 24 heavy (non-hydrogen) atoms. The lowest BCUT2D eigenvalue weighted by atomic mass is 10.1. The number of carboxylic acids is 1. The van der Waals surface area contributed by atoms with E-state index in [1.807, 2.05) is 44.3 Å². The average Bonchev–Trinajstić information content (AvgIpc) is 3.23. The molecule has 3 rings (SSSR count). The van der Waals surface area contributed by atoms with Crippen LogP contribution in [0.2, 0.25) is 0 Å². The molecule has 1 N–H and O–H groups in total. The molecule has 128 valence electrons. The standard InChI is InChI=1S/C18H21NO4S/c1-12(2)14-9-16(17(20)21)19(11-14)10-13-3-5-15(6-4-13)18(7-8-18)24(22)23/h3-6,9,11-12,24H,7-8,10H2,1-2H3,(H,20,21). The first-order chi connectivity index (χ1) is 11.3. The molecule has 0 atom stereocenters. The Bertz CT molecular complexity index is 834. The van der Waals surface area contributed by atoms with Crippen molar-refractivity contribution in [3.63, 3.8) is 0 Å². The van der Waals surface area contributed by atoms with Gasteiger partial charge in [-0.2, -0.15) is 0 Å². The van der Waals surface area contributed by atoms with Crippen LogP contribution in [0.1, 0.15) is 59.8 Å². The fourth-order valence-electron chi connectivity index (χ4n) is 2.97. The van der Waals surface area contributed by atoms with Crippen molar-refractivity contribution in [1.29, 1.82) is 0 Å². The minimum Gasteiger partial charge on any atom is -0.477 e. The van der Waals surface area contributed by atoms with E-state index >= 15 is 0 Å². The fraction of sp³-hybridized carbons (Fsp3) is 0.389. The first-order valence-electron chi connectivity index (χ1n) is 8.01. The molecule has 1 fully saturated rings. The summed E-state index contributed by atoms with van der Waals surface area (Å²) in [5.41, 5.74) is 3.04. The highest BCUT2D eigenvalue weighted by molar-refractivity contribution is 7.74.